The molecule has 1 aromatic rings. The molecule has 5 heteroatoms. The molecule has 1 unspecified atom stereocenters. The number of hydrogen-bond acceptors (Lipinski definition) is 4. The predicted molar refractivity (Wildman–Crippen MR) is 62.8 cm³/mol. The van der Waals surface area contributed by atoms with Crippen LogP contribution in [0.2, 0.25) is 0 Å². The summed E-state index contributed by atoms with van der Waals surface area (Å²) in [5, 5.41) is 3.31. The Labute approximate surface area is 100 Å². The molecule has 0 radical (unpaired) electrons. The van der Waals surface area contributed by atoms with Crippen LogP contribution in [0.15, 0.2) is 12.1 Å². The SMILES string of the molecule is COC(=O)c1ccc(CNCC2CCCO2)[nH]1. The molecule has 1 fully saturated rings. The normalized spacial score (nSPS) is 19.5. The molecule has 0 aliphatic carbocycles. The number of carbonyl (C=O) groups is 1. The molecule has 1 atom stereocenters. The molecule has 5 nitrogen and oxygen atoms in total. The summed E-state index contributed by atoms with van der Waals surface area (Å²) >= 11 is 0. The number of esters is 1. The first kappa shape index (κ1) is 12.1. The minimum Gasteiger partial charge on any atom is -0.464 e. The molecule has 94 valence electrons. The van der Waals surface area contributed by atoms with Crippen molar-refractivity contribution in [3.63, 3.8) is 0 Å². The van der Waals surface area contributed by atoms with E-state index >= 15 is 0 Å². The molecular formula is C12H18N2O3. The second-order valence-corrected chi connectivity index (χ2v) is 4.15. The Balaban J connectivity index is 1.74. The maximum Gasteiger partial charge on any atom is 0.354 e. The van der Waals surface area contributed by atoms with Crippen molar-refractivity contribution in [1.29, 1.82) is 0 Å². The highest BCUT2D eigenvalue weighted by molar-refractivity contribution is 5.87. The van der Waals surface area contributed by atoms with Crippen molar-refractivity contribution in [1.82, 2.24) is 10.3 Å². The number of rotatable bonds is 5. The van der Waals surface area contributed by atoms with Gasteiger partial charge in [0.25, 0.3) is 0 Å². The number of ether oxygens (including phenoxy) is 2. The largest absolute Gasteiger partial charge is 0.464 e. The van der Waals surface area contributed by atoms with E-state index in [-0.39, 0.29) is 5.97 Å². The van der Waals surface area contributed by atoms with Gasteiger partial charge in [0.2, 0.25) is 0 Å². The average Bonchev–Trinajstić information content (AvgIpc) is 2.99. The fraction of sp³-hybridized carbons (Fsp3) is 0.583. The molecule has 1 aliphatic rings. The van der Waals surface area contributed by atoms with Gasteiger partial charge in [-0.3, -0.25) is 0 Å². The first-order chi connectivity index (χ1) is 8.29. The molecule has 17 heavy (non-hydrogen) atoms. The third-order valence-electron chi connectivity index (χ3n) is 2.86. The zero-order chi connectivity index (χ0) is 12.1. The lowest BCUT2D eigenvalue weighted by molar-refractivity contribution is 0.0594. The predicted octanol–water partition coefficient (Wildman–Crippen LogP) is 1.07. The van der Waals surface area contributed by atoms with Crippen molar-refractivity contribution < 1.29 is 14.3 Å². The number of aromatic amines is 1. The molecule has 2 rings (SSSR count). The first-order valence-electron chi connectivity index (χ1n) is 5.88. The lowest BCUT2D eigenvalue weighted by atomic mass is 10.2. The summed E-state index contributed by atoms with van der Waals surface area (Å²) in [6.07, 6.45) is 2.62. The van der Waals surface area contributed by atoms with Crippen LogP contribution in [0, 0.1) is 0 Å². The van der Waals surface area contributed by atoms with Crippen molar-refractivity contribution in [2.24, 2.45) is 0 Å². The molecular weight excluding hydrogens is 220 g/mol. The standard InChI is InChI=1S/C12H18N2O3/c1-16-12(15)11-5-4-9(14-11)7-13-8-10-3-2-6-17-10/h4-5,10,13-14H,2-3,6-8H2,1H3. The zero-order valence-corrected chi connectivity index (χ0v) is 9.99. The Morgan fingerprint density at radius 2 is 2.53 bits per heavy atom. The first-order valence-corrected chi connectivity index (χ1v) is 5.88. The van der Waals surface area contributed by atoms with Crippen LogP contribution < -0.4 is 5.32 Å². The van der Waals surface area contributed by atoms with Gasteiger partial charge >= 0.3 is 5.97 Å². The minimum atomic E-state index is -0.338. The maximum absolute atomic E-state index is 11.2. The number of nitrogens with one attached hydrogen (secondary N) is 2. The fourth-order valence-electron chi connectivity index (χ4n) is 1.95. The van der Waals surface area contributed by atoms with Crippen molar-refractivity contribution in [2.75, 3.05) is 20.3 Å². The van der Waals surface area contributed by atoms with Gasteiger partial charge in [0.05, 0.1) is 13.2 Å². The van der Waals surface area contributed by atoms with Gasteiger partial charge in [-0.1, -0.05) is 0 Å². The summed E-state index contributed by atoms with van der Waals surface area (Å²) in [6, 6.07) is 3.61. The Hall–Kier alpha value is -1.33. The second-order valence-electron chi connectivity index (χ2n) is 4.15. The summed E-state index contributed by atoms with van der Waals surface area (Å²) in [6.45, 7) is 2.44. The molecule has 2 heterocycles. The molecule has 0 aromatic carbocycles. The van der Waals surface area contributed by atoms with E-state index in [2.05, 4.69) is 15.0 Å². The van der Waals surface area contributed by atoms with Crippen molar-refractivity contribution in [2.45, 2.75) is 25.5 Å². The van der Waals surface area contributed by atoms with E-state index in [1.807, 2.05) is 6.07 Å². The van der Waals surface area contributed by atoms with Crippen molar-refractivity contribution in [3.05, 3.63) is 23.5 Å². The number of H-pyrrole nitrogens is 1. The van der Waals surface area contributed by atoms with Crippen LogP contribution in [-0.4, -0.2) is 37.3 Å². The van der Waals surface area contributed by atoms with Gasteiger partial charge in [0, 0.05) is 25.4 Å². The summed E-state index contributed by atoms with van der Waals surface area (Å²) in [5.74, 6) is -0.338. The third kappa shape index (κ3) is 3.31. The monoisotopic (exact) mass is 238 g/mol. The topological polar surface area (TPSA) is 63.4 Å². The van der Waals surface area contributed by atoms with E-state index in [4.69, 9.17) is 4.74 Å². The van der Waals surface area contributed by atoms with Crippen LogP contribution >= 0.6 is 0 Å². The molecule has 0 spiro atoms. The van der Waals surface area contributed by atoms with Crippen LogP contribution in [0.25, 0.3) is 0 Å². The number of methoxy groups -OCH3 is 1. The van der Waals surface area contributed by atoms with Gasteiger partial charge in [0.1, 0.15) is 5.69 Å². The summed E-state index contributed by atoms with van der Waals surface area (Å²) in [7, 11) is 1.37. The molecule has 0 saturated carbocycles. The molecule has 1 aliphatic heterocycles. The lowest BCUT2D eigenvalue weighted by Gasteiger charge is -2.09. The number of aromatic nitrogens is 1. The van der Waals surface area contributed by atoms with E-state index in [0.717, 1.165) is 31.7 Å². The van der Waals surface area contributed by atoms with Crippen LogP contribution in [0.5, 0.6) is 0 Å². The summed E-state index contributed by atoms with van der Waals surface area (Å²) < 4.78 is 10.1. The van der Waals surface area contributed by atoms with Crippen molar-refractivity contribution >= 4 is 5.97 Å². The highest BCUT2D eigenvalue weighted by atomic mass is 16.5. The fourth-order valence-corrected chi connectivity index (χ4v) is 1.95. The van der Waals surface area contributed by atoms with Crippen molar-refractivity contribution in [3.8, 4) is 0 Å². The molecule has 1 saturated heterocycles. The van der Waals surface area contributed by atoms with Crippen LogP contribution in [0.4, 0.5) is 0 Å². The Bertz CT molecular complexity index is 370. The quantitative estimate of drug-likeness (QED) is 0.753. The zero-order valence-electron chi connectivity index (χ0n) is 9.99. The molecule has 0 bridgehead atoms. The summed E-state index contributed by atoms with van der Waals surface area (Å²) in [4.78, 5) is 14.2. The van der Waals surface area contributed by atoms with Crippen LogP contribution in [0.3, 0.4) is 0 Å². The average molecular weight is 238 g/mol. The minimum absolute atomic E-state index is 0.338. The van der Waals surface area contributed by atoms with Gasteiger partial charge in [-0.2, -0.15) is 0 Å². The van der Waals surface area contributed by atoms with E-state index in [1.165, 1.54) is 7.11 Å². The summed E-state index contributed by atoms with van der Waals surface area (Å²) in [5.41, 5.74) is 1.46. The van der Waals surface area contributed by atoms with E-state index in [0.29, 0.717) is 18.3 Å². The Morgan fingerprint density at radius 1 is 1.65 bits per heavy atom. The number of hydrogen-bond donors (Lipinski definition) is 2. The Kier molecular flexibility index (Phi) is 4.17. The molecule has 0 amide bonds. The van der Waals surface area contributed by atoms with Gasteiger partial charge in [-0.05, 0) is 25.0 Å². The van der Waals surface area contributed by atoms with Gasteiger partial charge < -0.3 is 19.8 Å². The van der Waals surface area contributed by atoms with Gasteiger partial charge in [-0.15, -0.1) is 0 Å². The smallest absolute Gasteiger partial charge is 0.354 e. The van der Waals surface area contributed by atoms with E-state index < -0.39 is 0 Å². The molecule has 2 N–H and O–H groups in total. The van der Waals surface area contributed by atoms with Gasteiger partial charge in [-0.25, -0.2) is 4.79 Å². The van der Waals surface area contributed by atoms with Crippen LogP contribution in [-0.2, 0) is 16.0 Å². The third-order valence-corrected chi connectivity index (χ3v) is 2.86. The van der Waals surface area contributed by atoms with E-state index in [9.17, 15) is 4.79 Å². The van der Waals surface area contributed by atoms with E-state index in [1.54, 1.807) is 6.07 Å². The van der Waals surface area contributed by atoms with Crippen LogP contribution in [0.1, 0.15) is 29.0 Å². The number of carbonyl (C=O) groups excluding carboxylic acids is 1. The Morgan fingerprint density at radius 3 is 3.24 bits per heavy atom. The highest BCUT2D eigenvalue weighted by Crippen LogP contribution is 2.11. The van der Waals surface area contributed by atoms with Gasteiger partial charge in [0.15, 0.2) is 0 Å². The maximum atomic E-state index is 11.2. The second kappa shape index (κ2) is 5.84. The highest BCUT2D eigenvalue weighted by Gasteiger charge is 2.14. The lowest BCUT2D eigenvalue weighted by Crippen LogP contribution is -2.25. The molecule has 1 aromatic heterocycles.